The minimum atomic E-state index is -0.250. The molecule has 4 nitrogen and oxygen atoms in total. The normalized spacial score (nSPS) is 24.4. The summed E-state index contributed by atoms with van der Waals surface area (Å²) in [5.41, 5.74) is 0. The number of carboxylic acid groups (broad SMARTS) is 1. The van der Waals surface area contributed by atoms with Crippen LogP contribution in [0.15, 0.2) is 0 Å². The number of rotatable bonds is 0. The SMILES string of the molecule is O=CO.[Li][CH]1COCN1. The van der Waals surface area contributed by atoms with Gasteiger partial charge in [-0.3, -0.25) is 4.79 Å². The molecule has 5 heteroatoms. The van der Waals surface area contributed by atoms with Crippen LogP contribution in [0, 0.1) is 0 Å². The maximum atomic E-state index is 8.36. The first-order valence-electron chi connectivity index (χ1n) is 2.70. The van der Waals surface area contributed by atoms with Gasteiger partial charge < -0.3 is 5.11 Å². The molecule has 0 saturated carbocycles. The summed E-state index contributed by atoms with van der Waals surface area (Å²) in [6, 6.07) is 0. The molecule has 9 heavy (non-hydrogen) atoms. The van der Waals surface area contributed by atoms with Gasteiger partial charge in [-0.2, -0.15) is 0 Å². The maximum absolute atomic E-state index is 8.36. The van der Waals surface area contributed by atoms with E-state index in [9.17, 15) is 0 Å². The zero-order valence-electron chi connectivity index (χ0n) is 5.33. The van der Waals surface area contributed by atoms with Crippen molar-refractivity contribution in [1.29, 1.82) is 0 Å². The van der Waals surface area contributed by atoms with Gasteiger partial charge in [-0.1, -0.05) is 0 Å². The van der Waals surface area contributed by atoms with Crippen LogP contribution in [0.5, 0.6) is 0 Å². The van der Waals surface area contributed by atoms with Crippen LogP contribution in [0.3, 0.4) is 0 Å². The zero-order valence-corrected chi connectivity index (χ0v) is 5.33. The third-order valence-electron chi connectivity index (χ3n) is 0.902. The second-order valence-corrected chi connectivity index (χ2v) is 1.73. The Balaban J connectivity index is 0.000000187. The van der Waals surface area contributed by atoms with Crippen molar-refractivity contribution in [2.24, 2.45) is 0 Å². The van der Waals surface area contributed by atoms with E-state index in [4.69, 9.17) is 14.6 Å². The molecule has 0 aromatic rings. The molecule has 1 unspecified atom stereocenters. The van der Waals surface area contributed by atoms with E-state index in [0.29, 0.717) is 4.71 Å². The summed E-state index contributed by atoms with van der Waals surface area (Å²) < 4.78 is 5.52. The van der Waals surface area contributed by atoms with Crippen molar-refractivity contribution in [3.8, 4) is 0 Å². The molecule has 1 aliphatic heterocycles. The van der Waals surface area contributed by atoms with E-state index in [2.05, 4.69) is 23.0 Å². The van der Waals surface area contributed by atoms with Gasteiger partial charge in [0.2, 0.25) is 0 Å². The van der Waals surface area contributed by atoms with Gasteiger partial charge in [-0.15, -0.1) is 0 Å². The third kappa shape index (κ3) is 5.86. The van der Waals surface area contributed by atoms with Crippen LogP contribution in [0.25, 0.3) is 0 Å². The first-order chi connectivity index (χ1) is 4.31. The quantitative estimate of drug-likeness (QED) is 0.314. The summed E-state index contributed by atoms with van der Waals surface area (Å²) in [6.07, 6.45) is 0. The van der Waals surface area contributed by atoms with Crippen LogP contribution in [-0.4, -0.2) is 47.3 Å². The summed E-state index contributed by atoms with van der Waals surface area (Å²) in [4.78, 5) is 8.36. The summed E-state index contributed by atoms with van der Waals surface area (Å²) in [6.45, 7) is 1.36. The molecule has 1 atom stereocenters. The van der Waals surface area contributed by atoms with Gasteiger partial charge >= 0.3 is 45.8 Å². The molecule has 1 aliphatic rings. The van der Waals surface area contributed by atoms with Gasteiger partial charge in [-0.25, -0.2) is 0 Å². The van der Waals surface area contributed by atoms with Crippen molar-refractivity contribution in [2.75, 3.05) is 13.3 Å². The Morgan fingerprint density at radius 2 is 2.44 bits per heavy atom. The molecule has 1 fully saturated rings. The van der Waals surface area contributed by atoms with E-state index in [-0.39, 0.29) is 6.47 Å². The Bertz CT molecular complexity index is 74.2. The third-order valence-corrected chi connectivity index (χ3v) is 0.902. The Labute approximate surface area is 62.8 Å². The van der Waals surface area contributed by atoms with Crippen molar-refractivity contribution in [2.45, 2.75) is 4.71 Å². The number of carbonyl (C=O) groups is 1. The van der Waals surface area contributed by atoms with Crippen LogP contribution < -0.4 is 5.32 Å². The molecule has 1 saturated heterocycles. The van der Waals surface area contributed by atoms with Crippen LogP contribution in [0.1, 0.15) is 0 Å². The zero-order chi connectivity index (χ0) is 7.11. The van der Waals surface area contributed by atoms with E-state index in [0.717, 1.165) is 13.3 Å². The number of nitrogens with one attached hydrogen (secondary N) is 1. The molecule has 0 aromatic heterocycles. The average Bonchev–Trinajstić information content (AvgIpc) is 2.20. The Morgan fingerprint density at radius 3 is 2.56 bits per heavy atom. The fourth-order valence-electron chi connectivity index (χ4n) is 0.496. The van der Waals surface area contributed by atoms with Crippen molar-refractivity contribution >= 4 is 24.2 Å². The molecule has 0 bridgehead atoms. The van der Waals surface area contributed by atoms with E-state index in [1.54, 1.807) is 0 Å². The molecular weight excluding hydrogens is 117 g/mol. The summed E-state index contributed by atoms with van der Waals surface area (Å²) in [5, 5.41) is 9.99. The summed E-state index contributed by atoms with van der Waals surface area (Å²) >= 11 is 2.10. The molecule has 0 aromatic carbocycles. The van der Waals surface area contributed by atoms with Crippen LogP contribution in [0.2, 0.25) is 0 Å². The van der Waals surface area contributed by atoms with Crippen molar-refractivity contribution in [3.05, 3.63) is 0 Å². The van der Waals surface area contributed by atoms with Gasteiger partial charge in [0.05, 0.1) is 0 Å². The topological polar surface area (TPSA) is 58.6 Å². The van der Waals surface area contributed by atoms with Crippen LogP contribution >= 0.6 is 0 Å². The van der Waals surface area contributed by atoms with Crippen LogP contribution in [-0.2, 0) is 9.53 Å². The van der Waals surface area contributed by atoms with Crippen molar-refractivity contribution in [1.82, 2.24) is 5.32 Å². The van der Waals surface area contributed by atoms with Gasteiger partial charge in [0.15, 0.2) is 0 Å². The molecule has 2 N–H and O–H groups in total. The van der Waals surface area contributed by atoms with Crippen molar-refractivity contribution < 1.29 is 14.6 Å². The molecule has 0 radical (unpaired) electrons. The fraction of sp³-hybridized carbons (Fsp3) is 0.750. The Morgan fingerprint density at radius 1 is 1.89 bits per heavy atom. The first-order valence-corrected chi connectivity index (χ1v) is 2.70. The van der Waals surface area contributed by atoms with E-state index >= 15 is 0 Å². The molecule has 48 valence electrons. The van der Waals surface area contributed by atoms with Gasteiger partial charge in [0.1, 0.15) is 0 Å². The predicted molar refractivity (Wildman–Crippen MR) is 32.2 cm³/mol. The van der Waals surface area contributed by atoms with Gasteiger partial charge in [-0.05, 0) is 0 Å². The van der Waals surface area contributed by atoms with E-state index < -0.39 is 0 Å². The number of hydrogen-bond donors (Lipinski definition) is 2. The average molecular weight is 125 g/mol. The fourth-order valence-corrected chi connectivity index (χ4v) is 0.496. The second-order valence-electron chi connectivity index (χ2n) is 1.73. The Hall–Kier alpha value is -0.0126. The van der Waals surface area contributed by atoms with Gasteiger partial charge in [0.25, 0.3) is 6.47 Å². The molecule has 0 amide bonds. The van der Waals surface area contributed by atoms with E-state index in [1.165, 1.54) is 0 Å². The molecule has 1 rings (SSSR count). The number of ether oxygens (including phenoxy) is 1. The summed E-state index contributed by atoms with van der Waals surface area (Å²) in [5.74, 6) is 0. The molecule has 0 aliphatic carbocycles. The molecule has 0 spiro atoms. The van der Waals surface area contributed by atoms with E-state index in [1.807, 2.05) is 0 Å². The second kappa shape index (κ2) is 6.11. The monoisotopic (exact) mass is 125 g/mol. The van der Waals surface area contributed by atoms with Crippen molar-refractivity contribution in [3.63, 3.8) is 0 Å². The molecular formula is C4H8LiNO3. The first kappa shape index (κ1) is 8.99. The Kier molecular flexibility index (Phi) is 6.10. The predicted octanol–water partition coefficient (Wildman–Crippen LogP) is -1.24. The van der Waals surface area contributed by atoms with Crippen LogP contribution in [0.4, 0.5) is 0 Å². The number of hydrogen-bond acceptors (Lipinski definition) is 3. The van der Waals surface area contributed by atoms with Gasteiger partial charge in [0, 0.05) is 0 Å². The minimum absolute atomic E-state index is 0.250. The summed E-state index contributed by atoms with van der Waals surface area (Å²) in [7, 11) is 0. The molecule has 1 heterocycles. The standard InChI is InChI=1S/C3H6NO.CH2O2.Li/c1-2-5-3-4-1;2-1-3;/h1,4H,2-3H2;1H,(H,2,3);.